The Labute approximate surface area is 132 Å². The maximum atomic E-state index is 6.06. The number of aromatic nitrogens is 1. The van der Waals surface area contributed by atoms with Crippen LogP contribution in [0.25, 0.3) is 0 Å². The van der Waals surface area contributed by atoms with E-state index in [4.69, 9.17) is 4.74 Å². The summed E-state index contributed by atoms with van der Waals surface area (Å²) in [6.07, 6.45) is 7.45. The molecule has 0 saturated carbocycles. The van der Waals surface area contributed by atoms with Crippen LogP contribution < -0.4 is 4.90 Å². The van der Waals surface area contributed by atoms with Crippen molar-refractivity contribution in [3.8, 4) is 0 Å². The second kappa shape index (κ2) is 7.41. The van der Waals surface area contributed by atoms with Gasteiger partial charge in [-0.3, -0.25) is 4.98 Å². The van der Waals surface area contributed by atoms with E-state index in [-0.39, 0.29) is 0 Å². The molecule has 0 radical (unpaired) electrons. The van der Waals surface area contributed by atoms with Gasteiger partial charge in [-0.25, -0.2) is 0 Å². The van der Waals surface area contributed by atoms with Crippen molar-refractivity contribution in [2.24, 2.45) is 0 Å². The molecule has 22 heavy (non-hydrogen) atoms. The Morgan fingerprint density at radius 1 is 1.14 bits per heavy atom. The Balaban J connectivity index is 1.43. The summed E-state index contributed by atoms with van der Waals surface area (Å²) in [4.78, 5) is 6.63. The van der Waals surface area contributed by atoms with Crippen LogP contribution in [0.3, 0.4) is 0 Å². The molecular formula is C19H24N2O. The number of rotatable bonds is 5. The van der Waals surface area contributed by atoms with Crippen molar-refractivity contribution in [1.29, 1.82) is 0 Å². The standard InChI is InChI=1S/C19H24N2O/c1-16-15-20-11-7-19(16)21-12-8-18(9-13-21)22-14-10-17-5-3-2-4-6-17/h2-7,11,15,18H,8-10,12-14H2,1H3. The molecule has 1 saturated heterocycles. The molecule has 116 valence electrons. The van der Waals surface area contributed by atoms with E-state index < -0.39 is 0 Å². The van der Waals surface area contributed by atoms with Gasteiger partial charge in [-0.2, -0.15) is 0 Å². The molecule has 1 fully saturated rings. The summed E-state index contributed by atoms with van der Waals surface area (Å²) < 4.78 is 6.06. The molecule has 0 N–H and O–H groups in total. The fraction of sp³-hybridized carbons (Fsp3) is 0.421. The molecule has 0 atom stereocenters. The first-order chi connectivity index (χ1) is 10.8. The number of hydrogen-bond acceptors (Lipinski definition) is 3. The number of pyridine rings is 1. The third kappa shape index (κ3) is 3.86. The van der Waals surface area contributed by atoms with Gasteiger partial charge in [0, 0.05) is 31.2 Å². The van der Waals surface area contributed by atoms with Gasteiger partial charge in [0.1, 0.15) is 0 Å². The van der Waals surface area contributed by atoms with Crippen LogP contribution in [-0.2, 0) is 11.2 Å². The minimum absolute atomic E-state index is 0.405. The second-order valence-corrected chi connectivity index (χ2v) is 5.95. The molecule has 0 spiro atoms. The smallest absolute Gasteiger partial charge is 0.0609 e. The SMILES string of the molecule is Cc1cnccc1N1CCC(OCCc2ccccc2)CC1. The zero-order valence-corrected chi connectivity index (χ0v) is 13.2. The fourth-order valence-electron chi connectivity index (χ4n) is 3.07. The van der Waals surface area contributed by atoms with Crippen molar-refractivity contribution >= 4 is 5.69 Å². The van der Waals surface area contributed by atoms with Crippen molar-refractivity contribution < 1.29 is 4.74 Å². The van der Waals surface area contributed by atoms with Crippen molar-refractivity contribution in [2.75, 3.05) is 24.6 Å². The summed E-state index contributed by atoms with van der Waals surface area (Å²) in [5.74, 6) is 0. The predicted octanol–water partition coefficient (Wildman–Crippen LogP) is 3.62. The van der Waals surface area contributed by atoms with Crippen molar-refractivity contribution in [3.05, 3.63) is 59.9 Å². The summed E-state index contributed by atoms with van der Waals surface area (Å²) in [5, 5.41) is 0. The highest BCUT2D eigenvalue weighted by molar-refractivity contribution is 5.51. The van der Waals surface area contributed by atoms with Crippen LogP contribution >= 0.6 is 0 Å². The Kier molecular flexibility index (Phi) is 5.07. The van der Waals surface area contributed by atoms with E-state index >= 15 is 0 Å². The van der Waals surface area contributed by atoms with E-state index in [1.807, 2.05) is 12.4 Å². The zero-order valence-electron chi connectivity index (χ0n) is 13.2. The first-order valence-corrected chi connectivity index (χ1v) is 8.14. The van der Waals surface area contributed by atoms with Crippen LogP contribution in [0.1, 0.15) is 24.0 Å². The number of nitrogens with zero attached hydrogens (tertiary/aromatic N) is 2. The topological polar surface area (TPSA) is 25.4 Å². The minimum atomic E-state index is 0.405. The van der Waals surface area contributed by atoms with Crippen LogP contribution in [0.2, 0.25) is 0 Å². The van der Waals surface area contributed by atoms with Crippen molar-refractivity contribution in [3.63, 3.8) is 0 Å². The number of anilines is 1. The van der Waals surface area contributed by atoms with Crippen molar-refractivity contribution in [2.45, 2.75) is 32.3 Å². The van der Waals surface area contributed by atoms with Gasteiger partial charge in [-0.15, -0.1) is 0 Å². The van der Waals surface area contributed by atoms with Crippen LogP contribution in [0, 0.1) is 6.92 Å². The molecule has 3 rings (SSSR count). The van der Waals surface area contributed by atoms with Crippen LogP contribution in [-0.4, -0.2) is 30.8 Å². The Morgan fingerprint density at radius 3 is 2.64 bits per heavy atom. The number of piperidine rings is 1. The lowest BCUT2D eigenvalue weighted by molar-refractivity contribution is 0.0390. The Morgan fingerprint density at radius 2 is 1.91 bits per heavy atom. The average molecular weight is 296 g/mol. The molecule has 0 aliphatic carbocycles. The molecule has 2 aromatic rings. The van der Waals surface area contributed by atoms with Gasteiger partial charge >= 0.3 is 0 Å². The van der Waals surface area contributed by atoms with E-state index in [1.165, 1.54) is 16.8 Å². The van der Waals surface area contributed by atoms with E-state index in [0.717, 1.165) is 39.0 Å². The highest BCUT2D eigenvalue weighted by atomic mass is 16.5. The van der Waals surface area contributed by atoms with E-state index in [0.29, 0.717) is 6.10 Å². The minimum Gasteiger partial charge on any atom is -0.378 e. The van der Waals surface area contributed by atoms with Gasteiger partial charge < -0.3 is 9.64 Å². The van der Waals surface area contributed by atoms with Gasteiger partial charge in [0.2, 0.25) is 0 Å². The number of hydrogen-bond donors (Lipinski definition) is 0. The van der Waals surface area contributed by atoms with Gasteiger partial charge in [0.25, 0.3) is 0 Å². The Bertz CT molecular complexity index is 577. The highest BCUT2D eigenvalue weighted by Gasteiger charge is 2.20. The van der Waals surface area contributed by atoms with E-state index in [2.05, 4.69) is 53.2 Å². The molecule has 0 bridgehead atoms. The van der Waals surface area contributed by atoms with Crippen LogP contribution in [0.15, 0.2) is 48.8 Å². The normalized spacial score (nSPS) is 16.0. The predicted molar refractivity (Wildman–Crippen MR) is 90.3 cm³/mol. The first kappa shape index (κ1) is 15.0. The first-order valence-electron chi connectivity index (χ1n) is 8.14. The Hall–Kier alpha value is -1.87. The molecule has 2 heterocycles. The largest absolute Gasteiger partial charge is 0.378 e. The van der Waals surface area contributed by atoms with Gasteiger partial charge in [0.05, 0.1) is 12.7 Å². The lowest BCUT2D eigenvalue weighted by Crippen LogP contribution is -2.37. The van der Waals surface area contributed by atoms with Crippen LogP contribution in [0.5, 0.6) is 0 Å². The molecule has 1 aliphatic rings. The molecule has 3 nitrogen and oxygen atoms in total. The van der Waals surface area contributed by atoms with Crippen molar-refractivity contribution in [1.82, 2.24) is 4.98 Å². The summed E-state index contributed by atoms with van der Waals surface area (Å²) in [7, 11) is 0. The summed E-state index contributed by atoms with van der Waals surface area (Å²) >= 11 is 0. The molecule has 0 unspecified atom stereocenters. The quantitative estimate of drug-likeness (QED) is 0.842. The molecule has 3 heteroatoms. The van der Waals surface area contributed by atoms with E-state index in [9.17, 15) is 0 Å². The van der Waals surface area contributed by atoms with E-state index in [1.54, 1.807) is 0 Å². The van der Waals surface area contributed by atoms with Gasteiger partial charge in [-0.1, -0.05) is 30.3 Å². The molecule has 1 aromatic carbocycles. The van der Waals surface area contributed by atoms with Gasteiger partial charge in [-0.05, 0) is 43.4 Å². The van der Waals surface area contributed by atoms with Gasteiger partial charge in [0.15, 0.2) is 0 Å². The molecule has 1 aromatic heterocycles. The lowest BCUT2D eigenvalue weighted by Gasteiger charge is -2.34. The molecule has 1 aliphatic heterocycles. The number of aryl methyl sites for hydroxylation is 1. The molecule has 0 amide bonds. The summed E-state index contributed by atoms with van der Waals surface area (Å²) in [6, 6.07) is 12.7. The third-order valence-electron chi connectivity index (χ3n) is 4.36. The maximum absolute atomic E-state index is 6.06. The fourth-order valence-corrected chi connectivity index (χ4v) is 3.07. The number of ether oxygens (including phenoxy) is 1. The summed E-state index contributed by atoms with van der Waals surface area (Å²) in [5.41, 5.74) is 3.93. The lowest BCUT2D eigenvalue weighted by atomic mass is 10.1. The average Bonchev–Trinajstić information content (AvgIpc) is 2.57. The zero-order chi connectivity index (χ0) is 15.2. The third-order valence-corrected chi connectivity index (χ3v) is 4.36. The highest BCUT2D eigenvalue weighted by Crippen LogP contribution is 2.23. The maximum Gasteiger partial charge on any atom is 0.0609 e. The summed E-state index contributed by atoms with van der Waals surface area (Å²) in [6.45, 7) is 5.09. The molecular weight excluding hydrogens is 272 g/mol. The second-order valence-electron chi connectivity index (χ2n) is 5.95. The number of benzene rings is 1. The van der Waals surface area contributed by atoms with Crippen LogP contribution in [0.4, 0.5) is 5.69 Å². The monoisotopic (exact) mass is 296 g/mol.